The molecule has 0 aliphatic carbocycles. The first-order valence-electron chi connectivity index (χ1n) is 25.9. The predicted octanol–water partition coefficient (Wildman–Crippen LogP) is 6.57. The summed E-state index contributed by atoms with van der Waals surface area (Å²) in [5, 5.41) is 19.2. The van der Waals surface area contributed by atoms with Crippen LogP contribution in [0, 0.1) is 11.6 Å². The third-order valence-corrected chi connectivity index (χ3v) is 11.6. The number of carbonyl (C=O) groups is 4. The van der Waals surface area contributed by atoms with Gasteiger partial charge >= 0.3 is 11.9 Å². The summed E-state index contributed by atoms with van der Waals surface area (Å²) in [6, 6.07) is 23.8. The number of H-pyrrole nitrogens is 1. The van der Waals surface area contributed by atoms with Gasteiger partial charge in [-0.05, 0) is 97.8 Å². The van der Waals surface area contributed by atoms with Crippen molar-refractivity contribution in [1.29, 1.82) is 0 Å². The van der Waals surface area contributed by atoms with Crippen molar-refractivity contribution in [2.24, 2.45) is 0 Å². The number of hydrogen-bond donors (Lipinski definition) is 3. The van der Waals surface area contributed by atoms with Gasteiger partial charge in [-0.25, -0.2) is 18.4 Å². The second-order valence-corrected chi connectivity index (χ2v) is 17.7. The van der Waals surface area contributed by atoms with Crippen molar-refractivity contribution in [2.45, 2.75) is 46.9 Å². The summed E-state index contributed by atoms with van der Waals surface area (Å²) in [5.41, 5.74) is -0.914. The van der Waals surface area contributed by atoms with Crippen LogP contribution in [-0.2, 0) is 66.2 Å². The van der Waals surface area contributed by atoms with Gasteiger partial charge in [0.15, 0.2) is 42.4 Å². The highest BCUT2D eigenvalue weighted by molar-refractivity contribution is 6.09. The van der Waals surface area contributed by atoms with Gasteiger partial charge in [0, 0.05) is 73.2 Å². The first-order chi connectivity index (χ1) is 41.8. The molecule has 0 saturated carbocycles. The van der Waals surface area contributed by atoms with E-state index >= 15 is 0 Å². The Morgan fingerprint density at radius 1 is 0.483 bits per heavy atom. The molecule has 0 aliphatic heterocycles. The summed E-state index contributed by atoms with van der Waals surface area (Å²) < 4.78 is 85.1. The van der Waals surface area contributed by atoms with Crippen molar-refractivity contribution < 1.29 is 89.6 Å². The Bertz CT molecular complexity index is 3830. The zero-order valence-corrected chi connectivity index (χ0v) is 48.2. The summed E-state index contributed by atoms with van der Waals surface area (Å²) in [4.78, 5) is 98.0. The highest BCUT2D eigenvalue weighted by Gasteiger charge is 2.24. The molecule has 0 atom stereocenters. The standard InChI is InChI=1S/C21H20FNO6.C19H16FNO5.C12H17NO6.C8H9NO4/c1-26-12-23-10-9-17(20(21(23)25)28-13-27-2)19(24)18-8-7-16(29-18)11-14-3-5-15(22)6-4-14;1-25-11-21-9-8-15(18(23)19(21)24)17(22)16-7-6-14(26-16)10-12-2-4-13(20)5-3-12;1-4-18-12(15)9-5-6-13(7-16-2)11(14)10(9)19-8-17-3;1-2-13-8(12)5-3-4-9-7(11)6(5)10/h3-10H,11-13H2,1-2H3;2-9,23H,10-11H2,1H3;5-6H,4,7-8H2,1-3H3;3-4,10H,2H2,1H3,(H,9,11). The number of nitrogens with one attached hydrogen (secondary N) is 1. The number of pyridine rings is 4. The fourth-order valence-electron chi connectivity index (χ4n) is 7.54. The van der Waals surface area contributed by atoms with Gasteiger partial charge in [0.2, 0.25) is 17.3 Å². The number of aromatic amines is 1. The minimum absolute atomic E-state index is 0.00121. The summed E-state index contributed by atoms with van der Waals surface area (Å²) in [5.74, 6) is -3.49. The Kier molecular flexibility index (Phi) is 26.5. The third-order valence-electron chi connectivity index (χ3n) is 11.6. The Hall–Kier alpha value is -10.1. The number of esters is 2. The van der Waals surface area contributed by atoms with Crippen LogP contribution in [0.2, 0.25) is 0 Å². The molecular formula is C60H62F2N4O21. The number of furan rings is 2. The topological polar surface area (TPSA) is 317 Å². The average molecular weight is 1210 g/mol. The first kappa shape index (κ1) is 67.7. The molecule has 0 spiro atoms. The van der Waals surface area contributed by atoms with Gasteiger partial charge in [0.25, 0.3) is 22.2 Å². The fraction of sp³-hybridized carbons (Fsp3) is 0.267. The molecule has 0 amide bonds. The highest BCUT2D eigenvalue weighted by Crippen LogP contribution is 2.23. The number of carbonyl (C=O) groups excluding carboxylic acids is 4. The first-order valence-corrected chi connectivity index (χ1v) is 25.9. The van der Waals surface area contributed by atoms with Crippen molar-refractivity contribution in [3.05, 3.63) is 231 Å². The maximum Gasteiger partial charge on any atom is 0.342 e. The van der Waals surface area contributed by atoms with Crippen LogP contribution in [0.5, 0.6) is 23.0 Å². The number of benzene rings is 2. The van der Waals surface area contributed by atoms with Crippen LogP contribution in [0.1, 0.15) is 89.4 Å². The van der Waals surface area contributed by atoms with Crippen LogP contribution >= 0.6 is 0 Å². The second kappa shape index (κ2) is 34.0. The molecule has 0 fully saturated rings. The zero-order chi connectivity index (χ0) is 63.6. The number of rotatable bonds is 24. The van der Waals surface area contributed by atoms with Crippen LogP contribution in [0.15, 0.2) is 150 Å². The molecule has 3 N–H and O–H groups in total. The van der Waals surface area contributed by atoms with E-state index in [2.05, 4.69) is 9.72 Å². The second-order valence-electron chi connectivity index (χ2n) is 17.7. The van der Waals surface area contributed by atoms with Gasteiger partial charge < -0.3 is 66.7 Å². The lowest BCUT2D eigenvalue weighted by atomic mass is 10.1. The summed E-state index contributed by atoms with van der Waals surface area (Å²) >= 11 is 0. The zero-order valence-electron chi connectivity index (χ0n) is 48.2. The molecule has 8 rings (SSSR count). The van der Waals surface area contributed by atoms with Gasteiger partial charge in [-0.15, -0.1) is 0 Å². The van der Waals surface area contributed by atoms with E-state index in [4.69, 9.17) is 51.8 Å². The van der Waals surface area contributed by atoms with E-state index in [1.54, 1.807) is 50.2 Å². The van der Waals surface area contributed by atoms with Crippen molar-refractivity contribution in [3.8, 4) is 23.0 Å². The molecule has 0 radical (unpaired) electrons. The largest absolute Gasteiger partial charge is 0.503 e. The Morgan fingerprint density at radius 3 is 1.32 bits per heavy atom. The van der Waals surface area contributed by atoms with E-state index in [1.807, 2.05) is 0 Å². The highest BCUT2D eigenvalue weighted by atomic mass is 19.1. The van der Waals surface area contributed by atoms with Crippen LogP contribution in [-0.4, -0.2) is 115 Å². The molecule has 2 aromatic carbocycles. The molecule has 27 heteroatoms. The fourth-order valence-corrected chi connectivity index (χ4v) is 7.54. The number of ether oxygens (including phenoxy) is 9. The summed E-state index contributed by atoms with van der Waals surface area (Å²) in [7, 11) is 7.15. The average Bonchev–Trinajstić information content (AvgIpc) is 3.11. The van der Waals surface area contributed by atoms with Gasteiger partial charge in [-0.1, -0.05) is 24.3 Å². The van der Waals surface area contributed by atoms with Crippen molar-refractivity contribution in [3.63, 3.8) is 0 Å². The molecule has 0 aliphatic rings. The molecule has 25 nitrogen and oxygen atoms in total. The van der Waals surface area contributed by atoms with Crippen LogP contribution < -0.4 is 31.7 Å². The Morgan fingerprint density at radius 2 is 0.885 bits per heavy atom. The lowest BCUT2D eigenvalue weighted by molar-refractivity contribution is 0.0418. The van der Waals surface area contributed by atoms with Gasteiger partial charge in [-0.2, -0.15) is 0 Å². The van der Waals surface area contributed by atoms with Crippen LogP contribution in [0.25, 0.3) is 0 Å². The lowest BCUT2D eigenvalue weighted by Crippen LogP contribution is -2.25. The van der Waals surface area contributed by atoms with E-state index in [0.717, 1.165) is 15.7 Å². The minimum Gasteiger partial charge on any atom is -0.503 e. The number of aromatic hydroxyl groups is 2. The smallest absolute Gasteiger partial charge is 0.342 e. The molecule has 87 heavy (non-hydrogen) atoms. The molecule has 462 valence electrons. The van der Waals surface area contributed by atoms with E-state index in [0.29, 0.717) is 24.4 Å². The normalized spacial score (nSPS) is 10.5. The molecule has 6 heterocycles. The Balaban J connectivity index is 0.000000220. The molecule has 0 unspecified atom stereocenters. The van der Waals surface area contributed by atoms with Crippen LogP contribution in [0.3, 0.4) is 0 Å². The molecule has 0 bridgehead atoms. The molecule has 6 aromatic heterocycles. The maximum absolute atomic E-state index is 13.0. The van der Waals surface area contributed by atoms with Crippen molar-refractivity contribution in [1.82, 2.24) is 18.7 Å². The van der Waals surface area contributed by atoms with E-state index in [9.17, 15) is 52.2 Å². The van der Waals surface area contributed by atoms with Gasteiger partial charge in [-0.3, -0.25) is 42.5 Å². The number of ketones is 2. The predicted molar refractivity (Wildman–Crippen MR) is 303 cm³/mol. The quantitative estimate of drug-likeness (QED) is 0.0327. The number of hydrogen-bond acceptors (Lipinski definition) is 21. The van der Waals surface area contributed by atoms with E-state index in [1.165, 1.54) is 130 Å². The lowest BCUT2D eigenvalue weighted by Gasteiger charge is -2.12. The number of nitrogens with zero attached hydrogens (tertiary/aromatic N) is 3. The number of methoxy groups -OCH3 is 5. The van der Waals surface area contributed by atoms with E-state index in [-0.39, 0.29) is 104 Å². The molecule has 8 aromatic rings. The maximum atomic E-state index is 13.0. The SMILES string of the molecule is CCOC(=O)c1cc[nH]c(=O)c1O.CCOC(=O)c1ccn(COC)c(=O)c1OCOC.COCOc1c(C(=O)c2ccc(Cc3ccc(F)cc3)o2)ccn(COC)c1=O.COCn1ccc(C(=O)c2ccc(Cc3ccc(F)cc3)o2)c(O)c1=O. The third kappa shape index (κ3) is 19.0. The summed E-state index contributed by atoms with van der Waals surface area (Å²) in [6.07, 6.45) is 6.30. The van der Waals surface area contributed by atoms with Gasteiger partial charge in [0.1, 0.15) is 54.5 Å². The monoisotopic (exact) mass is 1210 g/mol. The molecule has 0 saturated heterocycles. The molecular weight excluding hydrogens is 1150 g/mol. The van der Waals surface area contributed by atoms with Crippen molar-refractivity contribution in [2.75, 3.05) is 62.3 Å². The summed E-state index contributed by atoms with van der Waals surface area (Å²) in [6.45, 7) is 3.43. The number of aromatic nitrogens is 4. The Labute approximate surface area is 493 Å². The van der Waals surface area contributed by atoms with E-state index < -0.39 is 57.2 Å². The van der Waals surface area contributed by atoms with Crippen molar-refractivity contribution >= 4 is 23.5 Å². The minimum atomic E-state index is -0.726. The van der Waals surface area contributed by atoms with Gasteiger partial charge in [0.05, 0.1) is 24.3 Å². The number of halogens is 2. The van der Waals surface area contributed by atoms with Crippen LogP contribution in [0.4, 0.5) is 8.78 Å².